The number of nitrogens with two attached hydrogens (primary N) is 1. The third kappa shape index (κ3) is 2.27. The van der Waals surface area contributed by atoms with E-state index in [2.05, 4.69) is 9.97 Å². The molecule has 1 aromatic carbocycles. The number of nitrogens with zero attached hydrogens (tertiary/aromatic N) is 4. The van der Waals surface area contributed by atoms with Crippen LogP contribution in [0.5, 0.6) is 0 Å². The van der Waals surface area contributed by atoms with E-state index in [4.69, 9.17) is 5.73 Å². The number of imidazole rings is 1. The van der Waals surface area contributed by atoms with E-state index in [1.807, 2.05) is 22.5 Å². The molecule has 0 amide bonds. The van der Waals surface area contributed by atoms with E-state index in [1.54, 1.807) is 24.5 Å². The fraction of sp³-hybridized carbons (Fsp3) is 0.143. The number of benzene rings is 1. The van der Waals surface area contributed by atoms with Crippen molar-refractivity contribution in [2.45, 2.75) is 6.54 Å². The molecule has 0 saturated carbocycles. The summed E-state index contributed by atoms with van der Waals surface area (Å²) in [6.45, 7) is 0.596. The third-order valence-electron chi connectivity index (χ3n) is 3.07. The number of hydrogen-bond acceptors (Lipinski definition) is 4. The first-order chi connectivity index (χ1) is 9.63. The minimum Gasteiger partial charge on any atom is -0.382 e. The van der Waals surface area contributed by atoms with Gasteiger partial charge in [-0.1, -0.05) is 12.1 Å². The first-order valence-electron chi connectivity index (χ1n) is 6.18. The molecule has 0 bridgehead atoms. The molecule has 5 nitrogen and oxygen atoms in total. The van der Waals surface area contributed by atoms with Crippen molar-refractivity contribution in [1.29, 1.82) is 0 Å². The number of halogens is 1. The van der Waals surface area contributed by atoms with Crippen LogP contribution in [0.25, 0.3) is 5.65 Å². The molecule has 0 fully saturated rings. The van der Waals surface area contributed by atoms with Crippen molar-refractivity contribution in [2.75, 3.05) is 17.7 Å². The van der Waals surface area contributed by atoms with Gasteiger partial charge in [-0.25, -0.2) is 14.4 Å². The van der Waals surface area contributed by atoms with Crippen LogP contribution in [0.15, 0.2) is 42.9 Å². The zero-order chi connectivity index (χ0) is 14.1. The zero-order valence-electron chi connectivity index (χ0n) is 11.0. The highest BCUT2D eigenvalue weighted by Gasteiger charge is 2.11. The Morgan fingerprint density at radius 3 is 2.80 bits per heavy atom. The van der Waals surface area contributed by atoms with Crippen molar-refractivity contribution < 1.29 is 4.39 Å². The van der Waals surface area contributed by atoms with Gasteiger partial charge < -0.3 is 15.0 Å². The first kappa shape index (κ1) is 12.4. The molecule has 0 spiro atoms. The maximum absolute atomic E-state index is 12.9. The Kier molecular flexibility index (Phi) is 2.98. The highest BCUT2D eigenvalue weighted by atomic mass is 19.1. The molecular formula is C14H14FN5. The molecule has 20 heavy (non-hydrogen) atoms. The lowest BCUT2D eigenvalue weighted by molar-refractivity contribution is 0.627. The molecule has 2 heterocycles. The second-order valence-electron chi connectivity index (χ2n) is 4.63. The maximum atomic E-state index is 12.9. The highest BCUT2D eigenvalue weighted by molar-refractivity contribution is 5.66. The van der Waals surface area contributed by atoms with E-state index in [1.165, 1.54) is 12.1 Å². The average Bonchev–Trinajstić information content (AvgIpc) is 2.88. The van der Waals surface area contributed by atoms with Gasteiger partial charge in [-0.3, -0.25) is 0 Å². The van der Waals surface area contributed by atoms with Crippen LogP contribution in [0.2, 0.25) is 0 Å². The molecule has 0 unspecified atom stereocenters. The van der Waals surface area contributed by atoms with Gasteiger partial charge in [0, 0.05) is 26.0 Å². The van der Waals surface area contributed by atoms with Crippen molar-refractivity contribution in [3.05, 3.63) is 54.2 Å². The van der Waals surface area contributed by atoms with Gasteiger partial charge in [-0.05, 0) is 17.7 Å². The Balaban J connectivity index is 1.93. The Bertz CT molecular complexity index is 735. The van der Waals surface area contributed by atoms with Crippen LogP contribution >= 0.6 is 0 Å². The summed E-state index contributed by atoms with van der Waals surface area (Å²) < 4.78 is 14.7. The number of aromatic nitrogens is 3. The molecule has 6 heteroatoms. The quantitative estimate of drug-likeness (QED) is 0.792. The van der Waals surface area contributed by atoms with Gasteiger partial charge in [-0.15, -0.1) is 0 Å². The summed E-state index contributed by atoms with van der Waals surface area (Å²) >= 11 is 0. The largest absolute Gasteiger partial charge is 0.382 e. The lowest BCUT2D eigenvalue weighted by Crippen LogP contribution is -2.19. The SMILES string of the molecule is CN(Cc1ccc(F)cc1)c1nc(N)cn2ccnc12. The van der Waals surface area contributed by atoms with Crippen LogP contribution in [0.1, 0.15) is 5.56 Å². The second-order valence-corrected chi connectivity index (χ2v) is 4.63. The summed E-state index contributed by atoms with van der Waals surface area (Å²) in [5.74, 6) is 0.880. The average molecular weight is 271 g/mol. The Morgan fingerprint density at radius 2 is 2.05 bits per heavy atom. The molecule has 3 aromatic rings. The topological polar surface area (TPSA) is 59.5 Å². The van der Waals surface area contributed by atoms with Gasteiger partial charge in [0.15, 0.2) is 11.5 Å². The monoisotopic (exact) mass is 271 g/mol. The maximum Gasteiger partial charge on any atom is 0.180 e. The van der Waals surface area contributed by atoms with Crippen LogP contribution in [0, 0.1) is 5.82 Å². The smallest absolute Gasteiger partial charge is 0.180 e. The molecule has 102 valence electrons. The Hall–Kier alpha value is -2.63. The van der Waals surface area contributed by atoms with Gasteiger partial charge in [-0.2, -0.15) is 0 Å². The third-order valence-corrected chi connectivity index (χ3v) is 3.07. The van der Waals surface area contributed by atoms with Crippen molar-refractivity contribution in [3.63, 3.8) is 0 Å². The van der Waals surface area contributed by atoms with E-state index in [0.29, 0.717) is 18.2 Å². The minimum absolute atomic E-state index is 0.242. The molecule has 0 atom stereocenters. The Labute approximate surface area is 115 Å². The number of anilines is 2. The molecule has 0 aliphatic rings. The van der Waals surface area contributed by atoms with E-state index in [0.717, 1.165) is 11.2 Å². The van der Waals surface area contributed by atoms with Crippen LogP contribution in [-0.2, 0) is 6.54 Å². The van der Waals surface area contributed by atoms with E-state index in [9.17, 15) is 4.39 Å². The highest BCUT2D eigenvalue weighted by Crippen LogP contribution is 2.20. The fourth-order valence-corrected chi connectivity index (χ4v) is 2.13. The molecule has 2 N–H and O–H groups in total. The van der Waals surface area contributed by atoms with Gasteiger partial charge in [0.25, 0.3) is 0 Å². The summed E-state index contributed by atoms with van der Waals surface area (Å²) in [6, 6.07) is 6.39. The normalized spacial score (nSPS) is 10.9. The summed E-state index contributed by atoms with van der Waals surface area (Å²) in [6.07, 6.45) is 5.24. The summed E-state index contributed by atoms with van der Waals surface area (Å²) in [5, 5.41) is 0. The predicted molar refractivity (Wildman–Crippen MR) is 75.9 cm³/mol. The molecular weight excluding hydrogens is 257 g/mol. The summed E-state index contributed by atoms with van der Waals surface area (Å²) in [4.78, 5) is 10.5. The van der Waals surface area contributed by atoms with Gasteiger partial charge in [0.05, 0.1) is 6.20 Å². The fourth-order valence-electron chi connectivity index (χ4n) is 2.13. The van der Waals surface area contributed by atoms with Crippen molar-refractivity contribution in [1.82, 2.24) is 14.4 Å². The Morgan fingerprint density at radius 1 is 1.30 bits per heavy atom. The van der Waals surface area contributed by atoms with Crippen molar-refractivity contribution in [2.24, 2.45) is 0 Å². The van der Waals surface area contributed by atoms with Gasteiger partial charge in [0.1, 0.15) is 11.6 Å². The van der Waals surface area contributed by atoms with Crippen LogP contribution in [0.4, 0.5) is 16.0 Å². The van der Waals surface area contributed by atoms with Crippen molar-refractivity contribution in [3.8, 4) is 0 Å². The summed E-state index contributed by atoms with van der Waals surface area (Å²) in [5.41, 5.74) is 7.53. The lowest BCUT2D eigenvalue weighted by Gasteiger charge is -2.19. The van der Waals surface area contributed by atoms with Crippen LogP contribution < -0.4 is 10.6 Å². The molecule has 3 rings (SSSR count). The van der Waals surface area contributed by atoms with Crippen LogP contribution in [-0.4, -0.2) is 21.4 Å². The summed E-state index contributed by atoms with van der Waals surface area (Å²) in [7, 11) is 1.90. The standard InChI is InChI=1S/C14H14FN5/c1-19(8-10-2-4-11(15)5-3-10)14-13-17-6-7-20(13)9-12(16)18-14/h2-7,9H,8,16H2,1H3. The first-order valence-corrected chi connectivity index (χ1v) is 6.18. The minimum atomic E-state index is -0.242. The van der Waals surface area contributed by atoms with E-state index < -0.39 is 0 Å². The number of rotatable bonds is 3. The van der Waals surface area contributed by atoms with E-state index in [-0.39, 0.29) is 5.82 Å². The van der Waals surface area contributed by atoms with Crippen LogP contribution in [0.3, 0.4) is 0 Å². The molecule has 0 aliphatic heterocycles. The molecule has 2 aromatic heterocycles. The molecule has 0 saturated heterocycles. The second kappa shape index (κ2) is 4.80. The zero-order valence-corrected chi connectivity index (χ0v) is 11.0. The molecule has 0 aliphatic carbocycles. The van der Waals surface area contributed by atoms with Crippen molar-refractivity contribution >= 4 is 17.3 Å². The van der Waals surface area contributed by atoms with Gasteiger partial charge in [0.2, 0.25) is 0 Å². The van der Waals surface area contributed by atoms with E-state index >= 15 is 0 Å². The number of nitrogen functional groups attached to an aromatic ring is 1. The van der Waals surface area contributed by atoms with Gasteiger partial charge >= 0.3 is 0 Å². The molecule has 0 radical (unpaired) electrons. The number of fused-ring (bicyclic) bond motifs is 1. The number of hydrogen-bond donors (Lipinski definition) is 1. The lowest BCUT2D eigenvalue weighted by atomic mass is 10.2. The predicted octanol–water partition coefficient (Wildman–Crippen LogP) is 2.09.